The average molecular weight is 366 g/mol. The van der Waals surface area contributed by atoms with Gasteiger partial charge in [0.1, 0.15) is 0 Å². The van der Waals surface area contributed by atoms with Crippen LogP contribution >= 0.6 is 0 Å². The lowest BCUT2D eigenvalue weighted by Gasteiger charge is -2.11. The van der Waals surface area contributed by atoms with E-state index in [9.17, 15) is 9.59 Å². The smallest absolute Gasteiger partial charge is 0.339 e. The molecule has 7 nitrogen and oxygen atoms in total. The van der Waals surface area contributed by atoms with Crippen LogP contribution in [0.4, 0.5) is 0 Å². The van der Waals surface area contributed by atoms with Gasteiger partial charge in [-0.15, -0.1) is 10.2 Å². The summed E-state index contributed by atoms with van der Waals surface area (Å²) in [4.78, 5) is 24.3. The predicted molar refractivity (Wildman–Crippen MR) is 96.1 cm³/mol. The van der Waals surface area contributed by atoms with Gasteiger partial charge in [-0.2, -0.15) is 0 Å². The molecule has 27 heavy (non-hydrogen) atoms. The Morgan fingerprint density at radius 1 is 0.963 bits per heavy atom. The molecule has 1 aromatic heterocycles. The Hall–Kier alpha value is -3.48. The second-order valence-corrected chi connectivity index (χ2v) is 5.90. The number of methoxy groups -OCH3 is 1. The van der Waals surface area contributed by atoms with Gasteiger partial charge in [0.2, 0.25) is 5.89 Å². The molecule has 0 saturated heterocycles. The normalized spacial score (nSPS) is 11.7. The molecule has 0 aliphatic heterocycles. The van der Waals surface area contributed by atoms with E-state index in [1.807, 2.05) is 31.2 Å². The number of nitrogens with zero attached hydrogens (tertiary/aromatic N) is 2. The topological polar surface area (TPSA) is 91.5 Å². The van der Waals surface area contributed by atoms with Crippen molar-refractivity contribution in [3.05, 3.63) is 71.1 Å². The summed E-state index contributed by atoms with van der Waals surface area (Å²) in [5.41, 5.74) is 2.12. The van der Waals surface area contributed by atoms with Crippen LogP contribution in [0.3, 0.4) is 0 Å². The Morgan fingerprint density at radius 3 is 2.22 bits per heavy atom. The molecule has 1 heterocycles. The lowest BCUT2D eigenvalue weighted by Crippen LogP contribution is -2.14. The standard InChI is InChI=1S/C20H18N2O5/c1-12-8-10-14(11-9-12)18-22-21-17(27-18)13(2)26-20(24)16-7-5-4-6-15(16)19(23)25-3/h4-11,13H,1-3H3. The van der Waals surface area contributed by atoms with E-state index in [4.69, 9.17) is 9.15 Å². The molecule has 0 bridgehead atoms. The Morgan fingerprint density at radius 2 is 1.59 bits per heavy atom. The molecular formula is C20H18N2O5. The van der Waals surface area contributed by atoms with Gasteiger partial charge >= 0.3 is 11.9 Å². The van der Waals surface area contributed by atoms with Crippen molar-refractivity contribution in [1.82, 2.24) is 10.2 Å². The molecule has 1 atom stereocenters. The minimum atomic E-state index is -0.782. The van der Waals surface area contributed by atoms with Crippen molar-refractivity contribution in [3.63, 3.8) is 0 Å². The second kappa shape index (κ2) is 7.82. The summed E-state index contributed by atoms with van der Waals surface area (Å²) >= 11 is 0. The van der Waals surface area contributed by atoms with Gasteiger partial charge in [0.05, 0.1) is 18.2 Å². The fourth-order valence-electron chi connectivity index (χ4n) is 2.44. The molecule has 0 N–H and O–H groups in total. The van der Waals surface area contributed by atoms with E-state index in [-0.39, 0.29) is 17.0 Å². The first-order valence-electron chi connectivity index (χ1n) is 8.28. The SMILES string of the molecule is COC(=O)c1ccccc1C(=O)OC(C)c1nnc(-c2ccc(C)cc2)o1. The zero-order valence-corrected chi connectivity index (χ0v) is 15.1. The van der Waals surface area contributed by atoms with Crippen molar-refractivity contribution in [2.45, 2.75) is 20.0 Å². The van der Waals surface area contributed by atoms with Crippen LogP contribution in [0.2, 0.25) is 0 Å². The van der Waals surface area contributed by atoms with Crippen LogP contribution in [0.25, 0.3) is 11.5 Å². The van der Waals surface area contributed by atoms with Crippen molar-refractivity contribution in [1.29, 1.82) is 0 Å². The molecule has 0 aliphatic rings. The molecule has 3 rings (SSSR count). The lowest BCUT2D eigenvalue weighted by molar-refractivity contribution is 0.0273. The molecule has 0 spiro atoms. The van der Waals surface area contributed by atoms with Gasteiger partial charge in [-0.3, -0.25) is 0 Å². The summed E-state index contributed by atoms with van der Waals surface area (Å²) in [7, 11) is 1.25. The second-order valence-electron chi connectivity index (χ2n) is 5.90. The number of aryl methyl sites for hydroxylation is 1. The first-order chi connectivity index (χ1) is 13.0. The summed E-state index contributed by atoms with van der Waals surface area (Å²) in [6.07, 6.45) is -0.782. The van der Waals surface area contributed by atoms with Gasteiger partial charge in [-0.1, -0.05) is 29.8 Å². The fourth-order valence-corrected chi connectivity index (χ4v) is 2.44. The highest BCUT2D eigenvalue weighted by molar-refractivity contribution is 6.03. The third-order valence-corrected chi connectivity index (χ3v) is 3.92. The molecular weight excluding hydrogens is 348 g/mol. The third-order valence-electron chi connectivity index (χ3n) is 3.92. The van der Waals surface area contributed by atoms with Crippen molar-refractivity contribution < 1.29 is 23.5 Å². The van der Waals surface area contributed by atoms with E-state index < -0.39 is 18.0 Å². The van der Waals surface area contributed by atoms with E-state index >= 15 is 0 Å². The Labute approximate surface area is 155 Å². The maximum absolute atomic E-state index is 12.5. The maximum atomic E-state index is 12.5. The number of carbonyl (C=O) groups excluding carboxylic acids is 2. The minimum Gasteiger partial charge on any atom is -0.465 e. The largest absolute Gasteiger partial charge is 0.465 e. The molecule has 2 aromatic carbocycles. The maximum Gasteiger partial charge on any atom is 0.339 e. The first-order valence-corrected chi connectivity index (χ1v) is 8.28. The Kier molecular flexibility index (Phi) is 5.30. The van der Waals surface area contributed by atoms with Crippen LogP contribution in [0, 0.1) is 6.92 Å². The van der Waals surface area contributed by atoms with Crippen LogP contribution in [0.15, 0.2) is 52.9 Å². The highest BCUT2D eigenvalue weighted by Gasteiger charge is 2.23. The van der Waals surface area contributed by atoms with Crippen LogP contribution in [-0.2, 0) is 9.47 Å². The summed E-state index contributed by atoms with van der Waals surface area (Å²) in [5.74, 6) is -0.800. The van der Waals surface area contributed by atoms with Gasteiger partial charge in [-0.05, 0) is 38.1 Å². The number of ether oxygens (including phenoxy) is 2. The van der Waals surface area contributed by atoms with Crippen molar-refractivity contribution in [2.24, 2.45) is 0 Å². The molecule has 0 saturated carbocycles. The highest BCUT2D eigenvalue weighted by Crippen LogP contribution is 2.24. The van der Waals surface area contributed by atoms with Gasteiger partial charge in [-0.25, -0.2) is 9.59 Å². The third kappa shape index (κ3) is 4.03. The van der Waals surface area contributed by atoms with E-state index in [1.165, 1.54) is 19.2 Å². The number of benzene rings is 2. The summed E-state index contributed by atoms with van der Waals surface area (Å²) in [6.45, 7) is 3.60. The van der Waals surface area contributed by atoms with Crippen LogP contribution < -0.4 is 0 Å². The van der Waals surface area contributed by atoms with Crippen LogP contribution in [0.1, 0.15) is 45.2 Å². The van der Waals surface area contributed by atoms with Crippen LogP contribution in [-0.4, -0.2) is 29.2 Å². The molecule has 0 aliphatic carbocycles. The van der Waals surface area contributed by atoms with Crippen LogP contribution in [0.5, 0.6) is 0 Å². The minimum absolute atomic E-state index is 0.106. The molecule has 0 radical (unpaired) electrons. The molecule has 1 unspecified atom stereocenters. The quantitative estimate of drug-likeness (QED) is 0.635. The van der Waals surface area contributed by atoms with Crippen molar-refractivity contribution in [3.8, 4) is 11.5 Å². The number of hydrogen-bond donors (Lipinski definition) is 0. The Bertz CT molecular complexity index is 963. The summed E-state index contributed by atoms with van der Waals surface area (Å²) < 4.78 is 15.7. The van der Waals surface area contributed by atoms with Crippen molar-refractivity contribution >= 4 is 11.9 Å². The zero-order valence-electron chi connectivity index (χ0n) is 15.1. The van der Waals surface area contributed by atoms with Gasteiger partial charge in [0.15, 0.2) is 6.10 Å². The van der Waals surface area contributed by atoms with E-state index in [0.717, 1.165) is 11.1 Å². The van der Waals surface area contributed by atoms with Gasteiger partial charge in [0.25, 0.3) is 5.89 Å². The number of carbonyl (C=O) groups is 2. The van der Waals surface area contributed by atoms with Gasteiger partial charge < -0.3 is 13.9 Å². The van der Waals surface area contributed by atoms with Gasteiger partial charge in [0, 0.05) is 5.56 Å². The summed E-state index contributed by atoms with van der Waals surface area (Å²) in [5, 5.41) is 7.94. The monoisotopic (exact) mass is 366 g/mol. The molecule has 7 heteroatoms. The number of aromatic nitrogens is 2. The number of hydrogen-bond acceptors (Lipinski definition) is 7. The highest BCUT2D eigenvalue weighted by atomic mass is 16.6. The molecule has 138 valence electrons. The molecule has 0 amide bonds. The first kappa shape index (κ1) is 18.3. The van der Waals surface area contributed by atoms with Crippen molar-refractivity contribution in [2.75, 3.05) is 7.11 Å². The van der Waals surface area contributed by atoms with E-state index in [2.05, 4.69) is 14.9 Å². The summed E-state index contributed by atoms with van der Waals surface area (Å²) in [6, 6.07) is 13.9. The van der Waals surface area contributed by atoms with E-state index in [1.54, 1.807) is 19.1 Å². The predicted octanol–water partition coefficient (Wildman–Crippen LogP) is 3.75. The average Bonchev–Trinajstić information content (AvgIpc) is 3.18. The van der Waals surface area contributed by atoms with E-state index in [0.29, 0.717) is 5.89 Å². The Balaban J connectivity index is 1.76. The fraction of sp³-hybridized carbons (Fsp3) is 0.200. The molecule has 0 fully saturated rings. The number of rotatable bonds is 5. The zero-order chi connectivity index (χ0) is 19.4. The number of esters is 2. The lowest BCUT2D eigenvalue weighted by atomic mass is 10.1. The molecule has 3 aromatic rings.